The number of carbonyl (C=O) groups is 3. The second kappa shape index (κ2) is 5.59. The number of likely N-dealkylation sites (tertiary alicyclic amines) is 1. The number of rotatable bonds is 3. The van der Waals surface area contributed by atoms with E-state index in [2.05, 4.69) is 5.32 Å². The molecule has 1 aliphatic heterocycles. The van der Waals surface area contributed by atoms with Crippen molar-refractivity contribution in [1.82, 2.24) is 4.90 Å². The van der Waals surface area contributed by atoms with Gasteiger partial charge in [0.05, 0.1) is 15.7 Å². The highest BCUT2D eigenvalue weighted by Gasteiger charge is 2.30. The van der Waals surface area contributed by atoms with Crippen molar-refractivity contribution in [3.8, 4) is 0 Å². The summed E-state index contributed by atoms with van der Waals surface area (Å²) in [4.78, 5) is 35.4. The third kappa shape index (κ3) is 3.05. The van der Waals surface area contributed by atoms with E-state index in [0.29, 0.717) is 10.7 Å². The fourth-order valence-electron chi connectivity index (χ4n) is 1.73. The number of carbonyl (C=O) groups excluding carboxylic acids is 3. The zero-order valence-corrected chi connectivity index (χ0v) is 11.3. The molecule has 1 aliphatic rings. The molecule has 1 heterocycles. The lowest BCUT2D eigenvalue weighted by Gasteiger charge is -2.14. The molecule has 0 saturated carbocycles. The molecule has 0 radical (unpaired) electrons. The highest BCUT2D eigenvalue weighted by atomic mass is 35.5. The molecule has 3 amide bonds. The van der Waals surface area contributed by atoms with E-state index >= 15 is 0 Å². The van der Waals surface area contributed by atoms with Crippen molar-refractivity contribution in [1.29, 1.82) is 0 Å². The van der Waals surface area contributed by atoms with Crippen molar-refractivity contribution < 1.29 is 14.4 Å². The Morgan fingerprint density at radius 3 is 2.47 bits per heavy atom. The van der Waals surface area contributed by atoms with Gasteiger partial charge in [0.1, 0.15) is 6.54 Å². The second-order valence-electron chi connectivity index (χ2n) is 4.02. The quantitative estimate of drug-likeness (QED) is 0.869. The Kier molecular flexibility index (Phi) is 4.07. The number of nitrogens with one attached hydrogen (secondary N) is 1. The molecule has 0 spiro atoms. The number of halogens is 2. The van der Waals surface area contributed by atoms with Crippen LogP contribution in [0.25, 0.3) is 0 Å². The van der Waals surface area contributed by atoms with Gasteiger partial charge in [0, 0.05) is 12.8 Å². The molecular formula is C12H10Cl2N2O3. The molecule has 0 bridgehead atoms. The number of amides is 3. The smallest absolute Gasteiger partial charge is 0.244 e. The van der Waals surface area contributed by atoms with E-state index in [0.717, 1.165) is 4.90 Å². The lowest BCUT2D eigenvalue weighted by atomic mass is 10.3. The van der Waals surface area contributed by atoms with Crippen LogP contribution in [0.2, 0.25) is 10.0 Å². The molecule has 7 heteroatoms. The molecule has 1 N–H and O–H groups in total. The minimum absolute atomic E-state index is 0.157. The molecule has 100 valence electrons. The van der Waals surface area contributed by atoms with E-state index in [1.807, 2.05) is 0 Å². The molecule has 1 fully saturated rings. The summed E-state index contributed by atoms with van der Waals surface area (Å²) < 4.78 is 0. The molecule has 0 atom stereocenters. The Morgan fingerprint density at radius 2 is 1.84 bits per heavy atom. The van der Waals surface area contributed by atoms with Crippen LogP contribution in [0, 0.1) is 0 Å². The summed E-state index contributed by atoms with van der Waals surface area (Å²) in [5.41, 5.74) is 0.346. The molecule has 0 aliphatic carbocycles. The van der Waals surface area contributed by atoms with Crippen molar-refractivity contribution in [2.24, 2.45) is 0 Å². The summed E-state index contributed by atoms with van der Waals surface area (Å²) in [6, 6.07) is 4.81. The first-order valence-electron chi connectivity index (χ1n) is 5.56. The van der Waals surface area contributed by atoms with Gasteiger partial charge in [-0.15, -0.1) is 0 Å². The average Bonchev–Trinajstić information content (AvgIpc) is 2.67. The number of hydrogen-bond donors (Lipinski definition) is 1. The zero-order valence-electron chi connectivity index (χ0n) is 9.78. The predicted octanol–water partition coefficient (Wildman–Crippen LogP) is 2.08. The van der Waals surface area contributed by atoms with Crippen molar-refractivity contribution in [2.45, 2.75) is 12.8 Å². The molecule has 19 heavy (non-hydrogen) atoms. The topological polar surface area (TPSA) is 66.5 Å². The van der Waals surface area contributed by atoms with Crippen molar-refractivity contribution in [3.63, 3.8) is 0 Å². The first-order chi connectivity index (χ1) is 8.99. The van der Waals surface area contributed by atoms with Crippen LogP contribution in [0.5, 0.6) is 0 Å². The third-order valence-electron chi connectivity index (χ3n) is 2.68. The van der Waals surface area contributed by atoms with E-state index in [1.54, 1.807) is 18.2 Å². The summed E-state index contributed by atoms with van der Waals surface area (Å²) in [6.45, 7) is -0.305. The van der Waals surface area contributed by atoms with Crippen LogP contribution in [0.3, 0.4) is 0 Å². The molecule has 2 rings (SSSR count). The van der Waals surface area contributed by atoms with Gasteiger partial charge in [0.2, 0.25) is 17.7 Å². The highest BCUT2D eigenvalue weighted by Crippen LogP contribution is 2.29. The van der Waals surface area contributed by atoms with Gasteiger partial charge in [-0.3, -0.25) is 19.3 Å². The van der Waals surface area contributed by atoms with Crippen LogP contribution in [-0.2, 0) is 14.4 Å². The number of nitrogens with zero attached hydrogens (tertiary/aromatic N) is 1. The van der Waals surface area contributed by atoms with Gasteiger partial charge in [-0.25, -0.2) is 0 Å². The fraction of sp³-hybridized carbons (Fsp3) is 0.250. The minimum atomic E-state index is -0.493. The van der Waals surface area contributed by atoms with Crippen LogP contribution in [0.4, 0.5) is 5.69 Å². The second-order valence-corrected chi connectivity index (χ2v) is 4.81. The third-order valence-corrected chi connectivity index (χ3v) is 3.50. The Morgan fingerprint density at radius 1 is 1.21 bits per heavy atom. The van der Waals surface area contributed by atoms with Crippen LogP contribution < -0.4 is 5.32 Å². The lowest BCUT2D eigenvalue weighted by Crippen LogP contribution is -2.36. The Hall–Kier alpha value is -1.59. The summed E-state index contributed by atoms with van der Waals surface area (Å²) in [5, 5.41) is 3.05. The van der Waals surface area contributed by atoms with E-state index in [-0.39, 0.29) is 36.2 Å². The van der Waals surface area contributed by atoms with Crippen LogP contribution in [0.1, 0.15) is 12.8 Å². The average molecular weight is 301 g/mol. The molecule has 5 nitrogen and oxygen atoms in total. The number of imide groups is 1. The monoisotopic (exact) mass is 300 g/mol. The Balaban J connectivity index is 2.04. The maximum absolute atomic E-state index is 11.8. The molecular weight excluding hydrogens is 291 g/mol. The van der Waals surface area contributed by atoms with Gasteiger partial charge in [-0.2, -0.15) is 0 Å². The van der Waals surface area contributed by atoms with Crippen molar-refractivity contribution in [2.75, 3.05) is 11.9 Å². The Bertz CT molecular complexity index is 544. The number of anilines is 1. The SMILES string of the molecule is O=C(CN1C(=O)CCC1=O)Nc1cccc(Cl)c1Cl. The minimum Gasteiger partial charge on any atom is -0.323 e. The first kappa shape index (κ1) is 13.8. The van der Waals surface area contributed by atoms with Gasteiger partial charge in [0.25, 0.3) is 0 Å². The molecule has 0 unspecified atom stereocenters. The van der Waals surface area contributed by atoms with Gasteiger partial charge in [-0.05, 0) is 12.1 Å². The van der Waals surface area contributed by atoms with Crippen molar-refractivity contribution in [3.05, 3.63) is 28.2 Å². The van der Waals surface area contributed by atoms with Crippen LogP contribution in [-0.4, -0.2) is 29.2 Å². The standard InChI is InChI=1S/C12H10Cl2N2O3/c13-7-2-1-3-8(12(7)14)15-9(17)6-16-10(18)4-5-11(16)19/h1-3H,4-6H2,(H,15,17). The Labute approximate surface area is 119 Å². The summed E-state index contributed by atoms with van der Waals surface area (Å²) in [6.07, 6.45) is 0.314. The molecule has 1 saturated heterocycles. The fourth-order valence-corrected chi connectivity index (χ4v) is 2.08. The number of hydrogen-bond acceptors (Lipinski definition) is 3. The van der Waals surface area contributed by atoms with Crippen LogP contribution in [0.15, 0.2) is 18.2 Å². The van der Waals surface area contributed by atoms with Gasteiger partial charge < -0.3 is 5.32 Å². The predicted molar refractivity (Wildman–Crippen MR) is 71.0 cm³/mol. The lowest BCUT2D eigenvalue weighted by molar-refractivity contribution is -0.141. The summed E-state index contributed by atoms with van der Waals surface area (Å²) in [5.74, 6) is -1.16. The van der Waals surface area contributed by atoms with E-state index in [9.17, 15) is 14.4 Å². The largest absolute Gasteiger partial charge is 0.323 e. The van der Waals surface area contributed by atoms with Crippen molar-refractivity contribution >= 4 is 46.6 Å². The normalized spacial score (nSPS) is 14.9. The maximum Gasteiger partial charge on any atom is 0.244 e. The van der Waals surface area contributed by atoms with Crippen LogP contribution >= 0.6 is 23.2 Å². The molecule has 1 aromatic carbocycles. The van der Waals surface area contributed by atoms with Gasteiger partial charge in [-0.1, -0.05) is 29.3 Å². The van der Waals surface area contributed by atoms with Gasteiger partial charge in [0.15, 0.2) is 0 Å². The van der Waals surface area contributed by atoms with E-state index in [4.69, 9.17) is 23.2 Å². The van der Waals surface area contributed by atoms with Gasteiger partial charge >= 0.3 is 0 Å². The summed E-state index contributed by atoms with van der Waals surface area (Å²) >= 11 is 11.7. The van der Waals surface area contributed by atoms with E-state index < -0.39 is 5.91 Å². The first-order valence-corrected chi connectivity index (χ1v) is 6.31. The summed E-state index contributed by atoms with van der Waals surface area (Å²) in [7, 11) is 0. The van der Waals surface area contributed by atoms with E-state index in [1.165, 1.54) is 0 Å². The molecule has 0 aromatic heterocycles. The highest BCUT2D eigenvalue weighted by molar-refractivity contribution is 6.44. The maximum atomic E-state index is 11.8. The zero-order chi connectivity index (χ0) is 14.0. The number of benzene rings is 1. The molecule has 1 aromatic rings.